The van der Waals surface area contributed by atoms with Crippen molar-refractivity contribution in [2.75, 3.05) is 13.1 Å². The molecule has 0 aliphatic carbocycles. The number of nitrogens with zero attached hydrogens (tertiary/aromatic N) is 2. The topological polar surface area (TPSA) is 116 Å². The summed E-state index contributed by atoms with van der Waals surface area (Å²) in [6.07, 6.45) is 3.65. The zero-order chi connectivity index (χ0) is 24.8. The molecule has 9 nitrogen and oxygen atoms in total. The molecule has 4 rings (SSSR count). The number of hydrogen-bond acceptors (Lipinski definition) is 5. The lowest BCUT2D eigenvalue weighted by atomic mass is 9.97. The molecule has 0 aromatic heterocycles. The van der Waals surface area contributed by atoms with Crippen molar-refractivity contribution in [3.8, 4) is 0 Å². The summed E-state index contributed by atoms with van der Waals surface area (Å²) in [5.74, 6) is -2.11. The van der Waals surface area contributed by atoms with E-state index in [1.54, 1.807) is 36.4 Å². The van der Waals surface area contributed by atoms with E-state index in [1.807, 2.05) is 36.4 Å². The van der Waals surface area contributed by atoms with Crippen molar-refractivity contribution < 1.29 is 29.0 Å². The summed E-state index contributed by atoms with van der Waals surface area (Å²) in [6.45, 7) is -0.00415. The number of ether oxygens (including phenoxy) is 1. The number of carbonyl (C=O) groups excluding carboxylic acids is 3. The Morgan fingerprint density at radius 2 is 1.60 bits per heavy atom. The first-order valence-corrected chi connectivity index (χ1v) is 11.5. The maximum Gasteiger partial charge on any atom is 0.410 e. The van der Waals surface area contributed by atoms with Crippen LogP contribution in [-0.2, 0) is 20.9 Å². The van der Waals surface area contributed by atoms with Crippen molar-refractivity contribution >= 4 is 23.9 Å². The number of carboxylic acid groups (broad SMARTS) is 1. The van der Waals surface area contributed by atoms with Gasteiger partial charge in [-0.1, -0.05) is 60.7 Å². The molecule has 2 heterocycles. The molecule has 0 saturated carbocycles. The Kier molecular flexibility index (Phi) is 7.45. The fraction of sp³-hybridized carbons (Fsp3) is 0.308. The molecule has 0 bridgehead atoms. The van der Waals surface area contributed by atoms with Gasteiger partial charge < -0.3 is 25.0 Å². The first-order valence-electron chi connectivity index (χ1n) is 11.5. The van der Waals surface area contributed by atoms with Gasteiger partial charge in [0.1, 0.15) is 18.7 Å². The van der Waals surface area contributed by atoms with Gasteiger partial charge in [-0.05, 0) is 30.5 Å². The van der Waals surface area contributed by atoms with Gasteiger partial charge in [-0.15, -0.1) is 0 Å². The molecular weight excluding hydrogens is 450 g/mol. The zero-order valence-corrected chi connectivity index (χ0v) is 19.1. The van der Waals surface area contributed by atoms with Gasteiger partial charge in [0.15, 0.2) is 0 Å². The monoisotopic (exact) mass is 477 g/mol. The van der Waals surface area contributed by atoms with Crippen LogP contribution in [0.4, 0.5) is 4.79 Å². The molecule has 2 aromatic rings. The van der Waals surface area contributed by atoms with Gasteiger partial charge in [0.05, 0.1) is 12.6 Å². The number of amides is 3. The summed E-state index contributed by atoms with van der Waals surface area (Å²) < 4.78 is 5.40. The summed E-state index contributed by atoms with van der Waals surface area (Å²) >= 11 is 0. The van der Waals surface area contributed by atoms with Crippen LogP contribution in [0.25, 0.3) is 0 Å². The number of hydrogen-bond donors (Lipinski definition) is 2. The third kappa shape index (κ3) is 5.68. The molecule has 3 amide bonds. The van der Waals surface area contributed by atoms with Crippen LogP contribution in [0, 0.1) is 0 Å². The molecular formula is C26H27N3O6. The molecule has 2 aliphatic heterocycles. The Bertz CT molecular complexity index is 1100. The number of benzene rings is 2. The fourth-order valence-electron chi connectivity index (χ4n) is 4.36. The summed E-state index contributed by atoms with van der Waals surface area (Å²) in [5.41, 5.74) is 1.22. The second kappa shape index (κ2) is 10.9. The van der Waals surface area contributed by atoms with Crippen molar-refractivity contribution in [1.29, 1.82) is 0 Å². The molecule has 1 saturated heterocycles. The fourth-order valence-corrected chi connectivity index (χ4v) is 4.36. The highest BCUT2D eigenvalue weighted by molar-refractivity contribution is 5.98. The number of carboxylic acids is 1. The average molecular weight is 478 g/mol. The van der Waals surface area contributed by atoms with E-state index >= 15 is 0 Å². The van der Waals surface area contributed by atoms with E-state index in [-0.39, 0.29) is 26.1 Å². The highest BCUT2D eigenvalue weighted by atomic mass is 16.6. The Hall–Kier alpha value is -4.14. The van der Waals surface area contributed by atoms with E-state index in [4.69, 9.17) is 4.74 Å². The third-order valence-corrected chi connectivity index (χ3v) is 6.14. The quantitative estimate of drug-likeness (QED) is 0.639. The lowest BCUT2D eigenvalue weighted by Gasteiger charge is -2.46. The summed E-state index contributed by atoms with van der Waals surface area (Å²) in [5, 5.41) is 12.7. The van der Waals surface area contributed by atoms with Crippen molar-refractivity contribution in [1.82, 2.24) is 15.1 Å². The molecule has 9 heteroatoms. The molecule has 3 atom stereocenters. The summed E-state index contributed by atoms with van der Waals surface area (Å²) in [6, 6.07) is 15.0. The van der Waals surface area contributed by atoms with Crippen molar-refractivity contribution in [3.05, 3.63) is 83.9 Å². The average Bonchev–Trinajstić information content (AvgIpc) is 2.88. The van der Waals surface area contributed by atoms with Crippen LogP contribution in [0.1, 0.15) is 28.8 Å². The number of carbonyl (C=O) groups is 4. The van der Waals surface area contributed by atoms with E-state index < -0.39 is 42.0 Å². The molecule has 2 aliphatic rings. The van der Waals surface area contributed by atoms with Gasteiger partial charge >= 0.3 is 12.1 Å². The molecule has 35 heavy (non-hydrogen) atoms. The molecule has 0 spiro atoms. The van der Waals surface area contributed by atoms with Crippen LogP contribution in [0.2, 0.25) is 0 Å². The minimum atomic E-state index is -1.26. The molecule has 0 unspecified atom stereocenters. The second-order valence-corrected chi connectivity index (χ2v) is 8.53. The smallest absolute Gasteiger partial charge is 0.410 e. The van der Waals surface area contributed by atoms with Gasteiger partial charge in [-0.3, -0.25) is 9.59 Å². The van der Waals surface area contributed by atoms with Gasteiger partial charge in [0.25, 0.3) is 5.91 Å². The van der Waals surface area contributed by atoms with Crippen LogP contribution in [0.5, 0.6) is 0 Å². The molecule has 1 fully saturated rings. The normalized spacial score (nSPS) is 22.9. The minimum Gasteiger partial charge on any atom is -0.480 e. The maximum absolute atomic E-state index is 13.5. The molecule has 182 valence electrons. The first kappa shape index (κ1) is 24.0. The van der Waals surface area contributed by atoms with Gasteiger partial charge in [0.2, 0.25) is 5.91 Å². The van der Waals surface area contributed by atoms with Crippen LogP contribution >= 0.6 is 0 Å². The van der Waals surface area contributed by atoms with Crippen LogP contribution in [0.3, 0.4) is 0 Å². The van der Waals surface area contributed by atoms with E-state index in [0.717, 1.165) is 5.56 Å². The molecule has 0 radical (unpaired) electrons. The third-order valence-electron chi connectivity index (χ3n) is 6.14. The van der Waals surface area contributed by atoms with Gasteiger partial charge in [0, 0.05) is 12.1 Å². The number of fused-ring (bicyclic) bond motifs is 1. The van der Waals surface area contributed by atoms with Gasteiger partial charge in [-0.25, -0.2) is 9.59 Å². The van der Waals surface area contributed by atoms with Crippen LogP contribution < -0.4 is 5.32 Å². The zero-order valence-electron chi connectivity index (χ0n) is 19.1. The Labute approximate surface area is 203 Å². The van der Waals surface area contributed by atoms with E-state index in [2.05, 4.69) is 5.32 Å². The van der Waals surface area contributed by atoms with E-state index in [1.165, 1.54) is 9.80 Å². The first-order chi connectivity index (χ1) is 16.9. The molecule has 2 aromatic carbocycles. The predicted molar refractivity (Wildman–Crippen MR) is 126 cm³/mol. The lowest BCUT2D eigenvalue weighted by Crippen LogP contribution is -2.66. The van der Waals surface area contributed by atoms with Crippen molar-refractivity contribution in [2.45, 2.75) is 37.6 Å². The minimum absolute atomic E-state index is 0.0642. The Morgan fingerprint density at radius 3 is 2.29 bits per heavy atom. The largest absolute Gasteiger partial charge is 0.480 e. The lowest BCUT2D eigenvalue weighted by molar-refractivity contribution is -0.157. The standard InChI is InChI=1S/C26H27N3O6/c30-23(19-11-5-2-6-12-19)27-21-14-8-7-13-20-15-28(16-22(25(32)33)29(20)24(21)31)26(34)35-17-18-9-3-1-4-10-18/h1-12,20-22H,13-17H2,(H,27,30)(H,32,33)/b8-7-/t20-,21-,22-/m0/s1. The highest BCUT2D eigenvalue weighted by Crippen LogP contribution is 2.24. The van der Waals surface area contributed by atoms with Crippen LogP contribution in [0.15, 0.2) is 72.8 Å². The van der Waals surface area contributed by atoms with E-state index in [9.17, 15) is 24.3 Å². The SMILES string of the molecule is O=C(N[C@H]1C/C=C\C[C@H]2CN(C(=O)OCc3ccccc3)C[C@@H](C(=O)O)N2C1=O)c1ccccc1. The van der Waals surface area contributed by atoms with Crippen LogP contribution in [-0.4, -0.2) is 70.0 Å². The number of aliphatic carboxylic acids is 1. The Balaban J connectivity index is 1.49. The summed E-state index contributed by atoms with van der Waals surface area (Å²) in [4.78, 5) is 53.7. The number of piperazine rings is 1. The number of nitrogens with one attached hydrogen (secondary N) is 1. The predicted octanol–water partition coefficient (Wildman–Crippen LogP) is 2.44. The molecule has 2 N–H and O–H groups in total. The number of rotatable bonds is 5. The van der Waals surface area contributed by atoms with E-state index in [0.29, 0.717) is 12.0 Å². The van der Waals surface area contributed by atoms with Crippen molar-refractivity contribution in [3.63, 3.8) is 0 Å². The Morgan fingerprint density at radius 1 is 0.943 bits per heavy atom. The highest BCUT2D eigenvalue weighted by Gasteiger charge is 2.45. The maximum atomic E-state index is 13.5. The second-order valence-electron chi connectivity index (χ2n) is 8.53. The summed E-state index contributed by atoms with van der Waals surface area (Å²) in [7, 11) is 0. The van der Waals surface area contributed by atoms with Crippen molar-refractivity contribution in [2.24, 2.45) is 0 Å². The van der Waals surface area contributed by atoms with Gasteiger partial charge in [-0.2, -0.15) is 0 Å².